The summed E-state index contributed by atoms with van der Waals surface area (Å²) in [7, 11) is 0. The zero-order chi connectivity index (χ0) is 24.1. The minimum Gasteiger partial charge on any atom is -0.274 e. The van der Waals surface area contributed by atoms with E-state index < -0.39 is 35.0 Å². The molecule has 2 bridgehead atoms. The Bertz CT molecular complexity index is 1260. The molecule has 8 heteroatoms. The quantitative estimate of drug-likeness (QED) is 0.379. The van der Waals surface area contributed by atoms with Crippen LogP contribution in [0.25, 0.3) is 0 Å². The van der Waals surface area contributed by atoms with Crippen LogP contribution >= 0.6 is 31.9 Å². The van der Waals surface area contributed by atoms with Crippen molar-refractivity contribution in [1.29, 1.82) is 0 Å². The molecule has 3 aliphatic carbocycles. The van der Waals surface area contributed by atoms with Crippen LogP contribution in [0.3, 0.4) is 0 Å². The fourth-order valence-electron chi connectivity index (χ4n) is 6.90. The van der Waals surface area contributed by atoms with Gasteiger partial charge in [0.2, 0.25) is 23.6 Å². The summed E-state index contributed by atoms with van der Waals surface area (Å²) in [6, 6.07) is 14.2. The minimum absolute atomic E-state index is 0.302. The SMILES string of the molecule is CC1=CC2(C)[C@H]3C(=O)N(c4ccccc4Br)C(=O)[C@@H]3C1[C@@H]1C(=O)N(c3ccccc3Br)C(=O)[C@@H]12. The van der Waals surface area contributed by atoms with Crippen molar-refractivity contribution in [3.63, 3.8) is 0 Å². The van der Waals surface area contributed by atoms with Gasteiger partial charge in [-0.3, -0.25) is 19.2 Å². The van der Waals surface area contributed by atoms with Gasteiger partial charge in [-0.05, 0) is 63.0 Å². The lowest BCUT2D eigenvalue weighted by molar-refractivity contribution is -0.146. The van der Waals surface area contributed by atoms with Crippen LogP contribution in [0.4, 0.5) is 11.4 Å². The third kappa shape index (κ3) is 2.56. The lowest BCUT2D eigenvalue weighted by atomic mass is 9.46. The van der Waals surface area contributed by atoms with Crippen LogP contribution in [0.5, 0.6) is 0 Å². The fraction of sp³-hybridized carbons (Fsp3) is 0.308. The molecule has 0 radical (unpaired) electrons. The average Bonchev–Trinajstić information content (AvgIpc) is 3.21. The molecule has 0 spiro atoms. The summed E-state index contributed by atoms with van der Waals surface area (Å²) in [4.78, 5) is 57.8. The van der Waals surface area contributed by atoms with Crippen LogP contribution in [0, 0.1) is 35.0 Å². The van der Waals surface area contributed by atoms with E-state index in [1.807, 2.05) is 32.1 Å². The normalized spacial score (nSPS) is 34.0. The number of allylic oxidation sites excluding steroid dienone is 2. The summed E-state index contributed by atoms with van der Waals surface area (Å²) >= 11 is 6.92. The number of nitrogens with zero attached hydrogens (tertiary/aromatic N) is 2. The largest absolute Gasteiger partial charge is 0.274 e. The first kappa shape index (κ1) is 21.9. The summed E-state index contributed by atoms with van der Waals surface area (Å²) < 4.78 is 1.29. The van der Waals surface area contributed by atoms with E-state index in [1.165, 1.54) is 9.80 Å². The zero-order valence-electron chi connectivity index (χ0n) is 18.4. The van der Waals surface area contributed by atoms with Crippen molar-refractivity contribution in [3.8, 4) is 0 Å². The second-order valence-electron chi connectivity index (χ2n) is 9.71. The maximum Gasteiger partial charge on any atom is 0.238 e. The summed E-state index contributed by atoms with van der Waals surface area (Å²) in [5.74, 6) is -4.46. The number of para-hydroxylation sites is 2. The van der Waals surface area contributed by atoms with Gasteiger partial charge in [0, 0.05) is 20.3 Å². The molecule has 2 saturated heterocycles. The van der Waals surface area contributed by atoms with Gasteiger partial charge in [-0.1, -0.05) is 42.8 Å². The van der Waals surface area contributed by atoms with Gasteiger partial charge < -0.3 is 0 Å². The van der Waals surface area contributed by atoms with Crippen LogP contribution < -0.4 is 9.80 Å². The van der Waals surface area contributed by atoms with Gasteiger partial charge in [-0.15, -0.1) is 0 Å². The van der Waals surface area contributed by atoms with E-state index in [-0.39, 0.29) is 23.6 Å². The van der Waals surface area contributed by atoms with E-state index in [4.69, 9.17) is 0 Å². The van der Waals surface area contributed by atoms with Gasteiger partial charge in [0.1, 0.15) is 0 Å². The van der Waals surface area contributed by atoms with Crippen molar-refractivity contribution >= 4 is 66.9 Å². The molecule has 0 aromatic heterocycles. The maximum absolute atomic E-state index is 13.8. The smallest absolute Gasteiger partial charge is 0.238 e. The van der Waals surface area contributed by atoms with E-state index in [1.54, 1.807) is 36.4 Å². The van der Waals surface area contributed by atoms with E-state index in [0.29, 0.717) is 20.3 Å². The van der Waals surface area contributed by atoms with Crippen molar-refractivity contribution in [1.82, 2.24) is 0 Å². The number of amides is 4. The predicted molar refractivity (Wildman–Crippen MR) is 133 cm³/mol. The zero-order valence-corrected chi connectivity index (χ0v) is 21.5. The van der Waals surface area contributed by atoms with Crippen LogP contribution in [-0.4, -0.2) is 23.6 Å². The van der Waals surface area contributed by atoms with Gasteiger partial charge >= 0.3 is 0 Å². The van der Waals surface area contributed by atoms with Crippen LogP contribution in [-0.2, 0) is 19.2 Å². The Hall–Kier alpha value is -2.58. The number of rotatable bonds is 2. The molecule has 2 heterocycles. The summed E-state index contributed by atoms with van der Waals surface area (Å²) in [6.45, 7) is 3.78. The molecule has 2 unspecified atom stereocenters. The monoisotopic (exact) mass is 582 g/mol. The second kappa shape index (κ2) is 7.21. The van der Waals surface area contributed by atoms with Crippen molar-refractivity contribution in [3.05, 3.63) is 69.1 Å². The number of hydrogen-bond donors (Lipinski definition) is 0. The average molecular weight is 584 g/mol. The molecule has 2 aromatic rings. The first-order valence-electron chi connectivity index (χ1n) is 11.1. The number of halogens is 2. The summed E-state index contributed by atoms with van der Waals surface area (Å²) in [5, 5.41) is 0. The van der Waals surface area contributed by atoms with Gasteiger partial charge in [-0.25, -0.2) is 9.80 Å². The van der Waals surface area contributed by atoms with Crippen LogP contribution in [0.1, 0.15) is 13.8 Å². The molecule has 1 saturated carbocycles. The number of benzene rings is 2. The molecule has 7 rings (SSSR count). The Morgan fingerprint density at radius 3 is 1.50 bits per heavy atom. The molecule has 4 amide bonds. The highest BCUT2D eigenvalue weighted by Gasteiger charge is 2.74. The molecule has 6 nitrogen and oxygen atoms in total. The molecule has 34 heavy (non-hydrogen) atoms. The highest BCUT2D eigenvalue weighted by atomic mass is 79.9. The first-order chi connectivity index (χ1) is 16.2. The molecule has 172 valence electrons. The van der Waals surface area contributed by atoms with E-state index in [2.05, 4.69) is 31.9 Å². The minimum atomic E-state index is -0.945. The summed E-state index contributed by atoms with van der Waals surface area (Å²) in [6.07, 6.45) is 1.98. The Labute approximate surface area is 213 Å². The Morgan fingerprint density at radius 1 is 0.676 bits per heavy atom. The van der Waals surface area contributed by atoms with E-state index in [0.717, 1.165) is 5.57 Å². The van der Waals surface area contributed by atoms with Crippen molar-refractivity contribution in [2.45, 2.75) is 13.8 Å². The standard InChI is InChI=1S/C26H20Br2N2O4/c1-12-11-26(2)20-18(22(31)29(24(20)33)15-9-5-3-7-13(15)27)17(12)19-21(26)25(34)30(23(19)32)16-10-6-4-8-14(16)28/h3-11,17-21H,1-2H3/t17?,18-,19+,20-,21-,26?/m1/s1. The fourth-order valence-corrected chi connectivity index (χ4v) is 7.83. The second-order valence-corrected chi connectivity index (χ2v) is 11.4. The molecule has 5 aliphatic rings. The van der Waals surface area contributed by atoms with Gasteiger partial charge in [0.05, 0.1) is 35.0 Å². The number of imide groups is 2. The predicted octanol–water partition coefficient (Wildman–Crippen LogP) is 4.72. The highest BCUT2D eigenvalue weighted by molar-refractivity contribution is 9.11. The van der Waals surface area contributed by atoms with Crippen LogP contribution in [0.2, 0.25) is 0 Å². The third-order valence-corrected chi connectivity index (χ3v) is 9.41. The Morgan fingerprint density at radius 2 is 1.09 bits per heavy atom. The van der Waals surface area contributed by atoms with Crippen molar-refractivity contribution < 1.29 is 19.2 Å². The maximum atomic E-state index is 13.8. The molecule has 2 aliphatic heterocycles. The number of anilines is 2. The molecular weight excluding hydrogens is 564 g/mol. The highest BCUT2D eigenvalue weighted by Crippen LogP contribution is 2.66. The molecule has 0 N–H and O–H groups in total. The van der Waals surface area contributed by atoms with Crippen LogP contribution in [0.15, 0.2) is 69.1 Å². The summed E-state index contributed by atoms with van der Waals surface area (Å²) in [5.41, 5.74) is 0.935. The number of carbonyl (C=O) groups excluding carboxylic acids is 4. The van der Waals surface area contributed by atoms with Gasteiger partial charge in [0.25, 0.3) is 0 Å². The van der Waals surface area contributed by atoms with E-state index >= 15 is 0 Å². The Balaban J connectivity index is 1.50. The lowest BCUT2D eigenvalue weighted by Crippen LogP contribution is -2.57. The molecular formula is C26H20Br2N2O4. The van der Waals surface area contributed by atoms with Crippen molar-refractivity contribution in [2.24, 2.45) is 35.0 Å². The number of hydrogen-bond acceptors (Lipinski definition) is 4. The first-order valence-corrected chi connectivity index (χ1v) is 12.7. The topological polar surface area (TPSA) is 74.8 Å². The van der Waals surface area contributed by atoms with Crippen molar-refractivity contribution in [2.75, 3.05) is 9.80 Å². The molecule has 2 aromatic carbocycles. The third-order valence-electron chi connectivity index (χ3n) is 8.07. The van der Waals surface area contributed by atoms with E-state index in [9.17, 15) is 19.2 Å². The lowest BCUT2D eigenvalue weighted by Gasteiger charge is -2.53. The molecule has 3 fully saturated rings. The number of carbonyl (C=O) groups is 4. The van der Waals surface area contributed by atoms with Gasteiger partial charge in [0.15, 0.2) is 0 Å². The van der Waals surface area contributed by atoms with Gasteiger partial charge in [-0.2, -0.15) is 0 Å². The molecule has 6 atom stereocenters. The Kier molecular flexibility index (Phi) is 4.65.